The molecule has 0 atom stereocenters. The van der Waals surface area contributed by atoms with Crippen molar-refractivity contribution in [1.82, 2.24) is 5.32 Å². The molecule has 134 valence electrons. The van der Waals surface area contributed by atoms with Gasteiger partial charge in [-0.3, -0.25) is 4.79 Å². The Morgan fingerprint density at radius 3 is 2.65 bits per heavy atom. The lowest BCUT2D eigenvalue weighted by atomic mass is 10.0. The summed E-state index contributed by atoms with van der Waals surface area (Å²) >= 11 is 5.83. The van der Waals surface area contributed by atoms with Crippen molar-refractivity contribution in [3.05, 3.63) is 74.6 Å². The lowest BCUT2D eigenvalue weighted by Crippen LogP contribution is -2.24. The molecule has 0 bridgehead atoms. The molecule has 0 radical (unpaired) electrons. The highest BCUT2D eigenvalue weighted by atomic mass is 35.5. The molecule has 6 heteroatoms. The second kappa shape index (κ2) is 7.62. The lowest BCUT2D eigenvalue weighted by Gasteiger charge is -2.09. The minimum Gasteiger partial charge on any atom is -0.508 e. The van der Waals surface area contributed by atoms with Gasteiger partial charge in [0.05, 0.1) is 0 Å². The largest absolute Gasteiger partial charge is 0.508 e. The van der Waals surface area contributed by atoms with Gasteiger partial charge in [0.2, 0.25) is 5.91 Å². The van der Waals surface area contributed by atoms with E-state index < -0.39 is 5.63 Å². The molecule has 2 N–H and O–H groups in total. The van der Waals surface area contributed by atoms with Gasteiger partial charge in [0.1, 0.15) is 11.3 Å². The van der Waals surface area contributed by atoms with Crippen molar-refractivity contribution >= 4 is 28.5 Å². The number of nitrogens with one attached hydrogen (secondary N) is 1. The predicted molar refractivity (Wildman–Crippen MR) is 101 cm³/mol. The topological polar surface area (TPSA) is 79.5 Å². The van der Waals surface area contributed by atoms with Gasteiger partial charge in [-0.1, -0.05) is 23.7 Å². The normalized spacial score (nSPS) is 10.8. The average Bonchev–Trinajstić information content (AvgIpc) is 2.60. The SMILES string of the molecule is Cc1c(CCC(=O)NCc2ccc(Cl)cc2)c(=O)oc2cc(O)ccc12. The molecule has 5 nitrogen and oxygen atoms in total. The number of halogens is 1. The Balaban J connectivity index is 1.67. The van der Waals surface area contributed by atoms with Crippen molar-refractivity contribution in [2.75, 3.05) is 0 Å². The number of fused-ring (bicyclic) bond motifs is 1. The van der Waals surface area contributed by atoms with Crippen LogP contribution in [0, 0.1) is 6.92 Å². The highest BCUT2D eigenvalue weighted by Crippen LogP contribution is 2.23. The van der Waals surface area contributed by atoms with Crippen LogP contribution in [0.3, 0.4) is 0 Å². The molecule has 0 unspecified atom stereocenters. The van der Waals surface area contributed by atoms with Gasteiger partial charge in [0, 0.05) is 35.0 Å². The molecule has 0 spiro atoms. The number of carbonyl (C=O) groups is 1. The highest BCUT2D eigenvalue weighted by molar-refractivity contribution is 6.30. The van der Waals surface area contributed by atoms with E-state index >= 15 is 0 Å². The smallest absolute Gasteiger partial charge is 0.339 e. The molecule has 2 aromatic carbocycles. The number of hydrogen-bond donors (Lipinski definition) is 2. The third kappa shape index (κ3) is 4.06. The van der Waals surface area contributed by atoms with Crippen LogP contribution in [-0.2, 0) is 17.8 Å². The van der Waals surface area contributed by atoms with E-state index in [1.54, 1.807) is 18.2 Å². The molecule has 3 rings (SSSR count). The maximum atomic E-state index is 12.2. The number of phenols is 1. The first-order valence-corrected chi connectivity index (χ1v) is 8.58. The Hall–Kier alpha value is -2.79. The van der Waals surface area contributed by atoms with Crippen molar-refractivity contribution in [2.24, 2.45) is 0 Å². The second-order valence-electron chi connectivity index (χ2n) is 6.08. The minimum absolute atomic E-state index is 0.0365. The van der Waals surface area contributed by atoms with E-state index in [0.29, 0.717) is 22.7 Å². The maximum absolute atomic E-state index is 12.2. The third-order valence-corrected chi connectivity index (χ3v) is 4.53. The zero-order chi connectivity index (χ0) is 18.7. The quantitative estimate of drug-likeness (QED) is 0.670. The molecular weight excluding hydrogens is 354 g/mol. The minimum atomic E-state index is -0.480. The van der Waals surface area contributed by atoms with Gasteiger partial charge in [0.25, 0.3) is 0 Å². The Bertz CT molecular complexity index is 1010. The Kier molecular flexibility index (Phi) is 5.28. The second-order valence-corrected chi connectivity index (χ2v) is 6.51. The molecule has 0 aliphatic carbocycles. The summed E-state index contributed by atoms with van der Waals surface area (Å²) in [6.07, 6.45) is 0.472. The zero-order valence-corrected chi connectivity index (χ0v) is 15.0. The van der Waals surface area contributed by atoms with Crippen LogP contribution in [0.4, 0.5) is 0 Å². The van der Waals surface area contributed by atoms with Crippen molar-refractivity contribution in [3.63, 3.8) is 0 Å². The van der Waals surface area contributed by atoms with Crippen molar-refractivity contribution in [1.29, 1.82) is 0 Å². The van der Waals surface area contributed by atoms with E-state index in [4.69, 9.17) is 16.0 Å². The molecule has 0 aliphatic heterocycles. The Morgan fingerprint density at radius 2 is 1.92 bits per heavy atom. The van der Waals surface area contributed by atoms with Gasteiger partial charge in [0.15, 0.2) is 0 Å². The molecule has 0 saturated carbocycles. The van der Waals surface area contributed by atoms with Crippen LogP contribution in [0.25, 0.3) is 11.0 Å². The van der Waals surface area contributed by atoms with Crippen LogP contribution < -0.4 is 10.9 Å². The monoisotopic (exact) mass is 371 g/mol. The fraction of sp³-hybridized carbons (Fsp3) is 0.200. The number of hydrogen-bond acceptors (Lipinski definition) is 4. The zero-order valence-electron chi connectivity index (χ0n) is 14.2. The Morgan fingerprint density at radius 1 is 1.19 bits per heavy atom. The summed E-state index contributed by atoms with van der Waals surface area (Å²) in [5.74, 6) is -0.112. The first kappa shape index (κ1) is 18.0. The van der Waals surface area contributed by atoms with Crippen molar-refractivity contribution < 1.29 is 14.3 Å². The van der Waals surface area contributed by atoms with E-state index in [1.165, 1.54) is 12.1 Å². The van der Waals surface area contributed by atoms with Crippen LogP contribution in [0.15, 0.2) is 51.7 Å². The van der Waals surface area contributed by atoms with Gasteiger partial charge in [-0.2, -0.15) is 0 Å². The van der Waals surface area contributed by atoms with Crippen LogP contribution in [-0.4, -0.2) is 11.0 Å². The maximum Gasteiger partial charge on any atom is 0.339 e. The number of aryl methyl sites for hydroxylation is 1. The molecule has 1 heterocycles. The third-order valence-electron chi connectivity index (χ3n) is 4.28. The molecule has 1 aromatic heterocycles. The van der Waals surface area contributed by atoms with Gasteiger partial charge in [-0.25, -0.2) is 4.79 Å². The summed E-state index contributed by atoms with van der Waals surface area (Å²) in [6, 6.07) is 11.9. The fourth-order valence-electron chi connectivity index (χ4n) is 2.80. The predicted octanol–water partition coefficient (Wildman–Crippen LogP) is 3.71. The summed E-state index contributed by atoms with van der Waals surface area (Å²) in [7, 11) is 0. The number of rotatable bonds is 5. The standard InChI is InChI=1S/C20H18ClNO4/c1-12-16-7-6-15(23)10-18(16)26-20(25)17(12)8-9-19(24)22-11-13-2-4-14(21)5-3-13/h2-7,10,23H,8-9,11H2,1H3,(H,22,24). The van der Waals surface area contributed by atoms with Gasteiger partial charge >= 0.3 is 5.63 Å². The van der Waals surface area contributed by atoms with Crippen molar-refractivity contribution in [3.8, 4) is 5.75 Å². The number of phenolic OH excluding ortho intramolecular Hbond substituents is 1. The molecule has 26 heavy (non-hydrogen) atoms. The Labute approximate surface area is 155 Å². The fourth-order valence-corrected chi connectivity index (χ4v) is 2.93. The molecular formula is C20H18ClNO4. The van der Waals surface area contributed by atoms with E-state index in [2.05, 4.69) is 5.32 Å². The molecule has 1 amide bonds. The molecule has 0 saturated heterocycles. The van der Waals surface area contributed by atoms with Crippen LogP contribution >= 0.6 is 11.6 Å². The first-order valence-electron chi connectivity index (χ1n) is 8.20. The van der Waals surface area contributed by atoms with Crippen LogP contribution in [0.2, 0.25) is 5.02 Å². The number of aromatic hydroxyl groups is 1. The van der Waals surface area contributed by atoms with Crippen LogP contribution in [0.5, 0.6) is 5.75 Å². The first-order chi connectivity index (χ1) is 12.4. The summed E-state index contributed by atoms with van der Waals surface area (Å²) in [6.45, 7) is 2.22. The van der Waals surface area contributed by atoms with E-state index in [9.17, 15) is 14.7 Å². The van der Waals surface area contributed by atoms with E-state index in [0.717, 1.165) is 16.5 Å². The van der Waals surface area contributed by atoms with E-state index in [1.807, 2.05) is 19.1 Å². The summed E-state index contributed by atoms with van der Waals surface area (Å²) in [5, 5.41) is 13.7. The number of amides is 1. The summed E-state index contributed by atoms with van der Waals surface area (Å²) in [4.78, 5) is 24.3. The summed E-state index contributed by atoms with van der Waals surface area (Å²) in [5.41, 5.74) is 2.05. The molecule has 3 aromatic rings. The van der Waals surface area contributed by atoms with Crippen LogP contribution in [0.1, 0.15) is 23.1 Å². The summed E-state index contributed by atoms with van der Waals surface area (Å²) < 4.78 is 5.27. The average molecular weight is 372 g/mol. The van der Waals surface area contributed by atoms with Gasteiger partial charge < -0.3 is 14.8 Å². The highest BCUT2D eigenvalue weighted by Gasteiger charge is 2.13. The number of benzene rings is 2. The van der Waals surface area contributed by atoms with E-state index in [-0.39, 0.29) is 24.5 Å². The van der Waals surface area contributed by atoms with Gasteiger partial charge in [-0.15, -0.1) is 0 Å². The van der Waals surface area contributed by atoms with Crippen molar-refractivity contribution in [2.45, 2.75) is 26.3 Å². The van der Waals surface area contributed by atoms with Gasteiger partial charge in [-0.05, 0) is 48.7 Å². The molecule has 0 aliphatic rings. The number of carbonyl (C=O) groups excluding carboxylic acids is 1. The lowest BCUT2D eigenvalue weighted by molar-refractivity contribution is -0.121. The molecule has 0 fully saturated rings.